The average Bonchev–Trinajstić information content (AvgIpc) is 3.22. The van der Waals surface area contributed by atoms with Crippen molar-refractivity contribution in [2.75, 3.05) is 44.6 Å². The summed E-state index contributed by atoms with van der Waals surface area (Å²) in [5, 5.41) is 18.5. The molecule has 176 valence electrons. The second kappa shape index (κ2) is 9.68. The third-order valence-electron chi connectivity index (χ3n) is 5.12. The van der Waals surface area contributed by atoms with Crippen LogP contribution in [0.25, 0.3) is 5.13 Å². The molecule has 1 aliphatic rings. The van der Waals surface area contributed by atoms with Crippen LogP contribution in [0.1, 0.15) is 29.1 Å². The van der Waals surface area contributed by atoms with Gasteiger partial charge < -0.3 is 23.9 Å². The number of hydrogen-bond acceptors (Lipinski definition) is 11. The van der Waals surface area contributed by atoms with Gasteiger partial charge in [-0.1, -0.05) is 11.3 Å². The van der Waals surface area contributed by atoms with Crippen LogP contribution in [0.2, 0.25) is 0 Å². The van der Waals surface area contributed by atoms with E-state index in [2.05, 4.69) is 25.9 Å². The first-order chi connectivity index (χ1) is 15.9. The highest BCUT2D eigenvalue weighted by Crippen LogP contribution is 2.39. The van der Waals surface area contributed by atoms with Gasteiger partial charge in [0.2, 0.25) is 16.0 Å². The lowest BCUT2D eigenvalue weighted by Crippen LogP contribution is -2.25. The van der Waals surface area contributed by atoms with Crippen LogP contribution >= 0.6 is 11.3 Å². The third-order valence-corrected chi connectivity index (χ3v) is 5.94. The normalized spacial score (nSPS) is 14.2. The Morgan fingerprint density at radius 2 is 2.15 bits per heavy atom. The predicted molar refractivity (Wildman–Crippen MR) is 120 cm³/mol. The molecule has 0 radical (unpaired) electrons. The zero-order valence-electron chi connectivity index (χ0n) is 18.4. The minimum Gasteiger partial charge on any atom is -0.482 e. The van der Waals surface area contributed by atoms with Crippen molar-refractivity contribution < 1.29 is 23.4 Å². The van der Waals surface area contributed by atoms with Gasteiger partial charge in [0.15, 0.2) is 5.76 Å². The van der Waals surface area contributed by atoms with E-state index in [0.717, 1.165) is 29.9 Å². The molecule has 0 bridgehead atoms. The molecule has 3 aromatic rings. The Bertz CT molecular complexity index is 1180. The fourth-order valence-electron chi connectivity index (χ4n) is 2.98. The van der Waals surface area contributed by atoms with Crippen molar-refractivity contribution in [3.8, 4) is 10.9 Å². The molecule has 1 aliphatic carbocycles. The van der Waals surface area contributed by atoms with Crippen LogP contribution in [0.15, 0.2) is 27.5 Å². The summed E-state index contributed by atoms with van der Waals surface area (Å²) in [6, 6.07) is 3.24. The molecule has 4 rings (SSSR count). The Morgan fingerprint density at radius 1 is 1.33 bits per heavy atom. The van der Waals surface area contributed by atoms with Crippen LogP contribution in [0.4, 0.5) is 10.8 Å². The van der Waals surface area contributed by atoms with Gasteiger partial charge in [-0.05, 0) is 25.8 Å². The van der Waals surface area contributed by atoms with Crippen LogP contribution < -0.4 is 21.0 Å². The average molecular weight is 477 g/mol. The number of amides is 1. The molecule has 0 unspecified atom stereocenters. The monoisotopic (exact) mass is 476 g/mol. The molecule has 1 saturated carbocycles. The van der Waals surface area contributed by atoms with Gasteiger partial charge in [-0.15, -0.1) is 10.2 Å². The SMILES string of the molecule is COCCNc1cc(C(=O)Nc2nnc(-n3nccc3C)s2)oc(=O)c1OCC1(OC)CC1. The van der Waals surface area contributed by atoms with E-state index in [1.807, 2.05) is 13.0 Å². The number of carbonyl (C=O) groups excluding carboxylic acids is 1. The highest BCUT2D eigenvalue weighted by Gasteiger charge is 2.44. The minimum absolute atomic E-state index is 0.0154. The molecule has 0 saturated heterocycles. The summed E-state index contributed by atoms with van der Waals surface area (Å²) >= 11 is 1.13. The van der Waals surface area contributed by atoms with Gasteiger partial charge in [-0.2, -0.15) is 5.10 Å². The van der Waals surface area contributed by atoms with Crippen molar-refractivity contribution in [3.05, 3.63) is 40.2 Å². The Hall–Kier alpha value is -3.29. The molecule has 3 heterocycles. The van der Waals surface area contributed by atoms with Gasteiger partial charge in [0.1, 0.15) is 12.2 Å². The van der Waals surface area contributed by atoms with E-state index in [0.29, 0.717) is 24.0 Å². The summed E-state index contributed by atoms with van der Waals surface area (Å²) < 4.78 is 23.1. The van der Waals surface area contributed by atoms with E-state index in [4.69, 9.17) is 18.6 Å². The maximum absolute atomic E-state index is 12.8. The number of aryl methyl sites for hydroxylation is 1. The van der Waals surface area contributed by atoms with E-state index in [1.54, 1.807) is 25.1 Å². The second-order valence-electron chi connectivity index (χ2n) is 7.46. The van der Waals surface area contributed by atoms with Crippen LogP contribution in [0, 0.1) is 6.92 Å². The first-order valence-corrected chi connectivity index (χ1v) is 11.0. The van der Waals surface area contributed by atoms with Crippen molar-refractivity contribution >= 4 is 28.1 Å². The van der Waals surface area contributed by atoms with Gasteiger partial charge in [-0.3, -0.25) is 10.1 Å². The number of methoxy groups -OCH3 is 2. The van der Waals surface area contributed by atoms with Crippen LogP contribution in [0.5, 0.6) is 5.75 Å². The Balaban J connectivity index is 1.52. The molecule has 0 atom stereocenters. The van der Waals surface area contributed by atoms with Gasteiger partial charge >= 0.3 is 5.63 Å². The summed E-state index contributed by atoms with van der Waals surface area (Å²) in [5.41, 5.74) is 0.0401. The number of rotatable bonds is 11. The van der Waals surface area contributed by atoms with Crippen molar-refractivity contribution in [3.63, 3.8) is 0 Å². The number of nitrogens with zero attached hydrogens (tertiary/aromatic N) is 4. The molecule has 1 fully saturated rings. The van der Waals surface area contributed by atoms with Gasteiger partial charge in [0.25, 0.3) is 5.91 Å². The molecule has 3 aromatic heterocycles. The maximum atomic E-state index is 12.8. The standard InChI is InChI=1S/C20H24N6O6S/c1-12-4-7-22-26(12)19-25-24-18(33-19)23-16(27)14-10-13(21-8-9-29-2)15(17(28)32-14)31-11-20(30-3)5-6-20/h4,7,10,21H,5-6,8-9,11H2,1-3H3,(H,23,24,27). The first-order valence-electron chi connectivity index (χ1n) is 10.2. The number of hydrogen-bond donors (Lipinski definition) is 2. The zero-order valence-corrected chi connectivity index (χ0v) is 19.2. The van der Waals surface area contributed by atoms with Gasteiger partial charge in [0.05, 0.1) is 12.3 Å². The smallest absolute Gasteiger partial charge is 0.381 e. The van der Waals surface area contributed by atoms with Gasteiger partial charge in [0, 0.05) is 38.7 Å². The summed E-state index contributed by atoms with van der Waals surface area (Å²) in [6.07, 6.45) is 3.34. The van der Waals surface area contributed by atoms with Crippen LogP contribution in [-0.4, -0.2) is 65.5 Å². The summed E-state index contributed by atoms with van der Waals surface area (Å²) in [4.78, 5) is 25.4. The molecule has 0 aliphatic heterocycles. The maximum Gasteiger partial charge on any atom is 0.381 e. The molecular weight excluding hydrogens is 452 g/mol. The number of nitrogens with one attached hydrogen (secondary N) is 2. The van der Waals surface area contributed by atoms with E-state index >= 15 is 0 Å². The van der Waals surface area contributed by atoms with Gasteiger partial charge in [-0.25, -0.2) is 9.48 Å². The van der Waals surface area contributed by atoms with Crippen LogP contribution in [-0.2, 0) is 9.47 Å². The van der Waals surface area contributed by atoms with Crippen molar-refractivity contribution in [2.24, 2.45) is 0 Å². The fourth-order valence-corrected chi connectivity index (χ4v) is 3.74. The molecule has 33 heavy (non-hydrogen) atoms. The highest BCUT2D eigenvalue weighted by atomic mass is 32.1. The number of aromatic nitrogens is 4. The first kappa shape index (κ1) is 22.9. The quantitative estimate of drug-likeness (QED) is 0.394. The lowest BCUT2D eigenvalue weighted by Gasteiger charge is -2.16. The predicted octanol–water partition coefficient (Wildman–Crippen LogP) is 1.85. The Kier molecular flexibility index (Phi) is 6.72. The number of carbonyl (C=O) groups is 1. The minimum atomic E-state index is -0.778. The highest BCUT2D eigenvalue weighted by molar-refractivity contribution is 7.17. The second-order valence-corrected chi connectivity index (χ2v) is 8.42. The molecule has 2 N–H and O–H groups in total. The molecule has 0 aromatic carbocycles. The fraction of sp³-hybridized carbons (Fsp3) is 0.450. The van der Waals surface area contributed by atoms with Crippen LogP contribution in [0.3, 0.4) is 0 Å². The molecular formula is C20H24N6O6S. The Labute approximate surface area is 192 Å². The lowest BCUT2D eigenvalue weighted by atomic mass is 10.3. The third kappa shape index (κ3) is 5.21. The van der Waals surface area contributed by atoms with E-state index in [-0.39, 0.29) is 28.8 Å². The largest absolute Gasteiger partial charge is 0.482 e. The van der Waals surface area contributed by atoms with Crippen molar-refractivity contribution in [1.82, 2.24) is 20.0 Å². The summed E-state index contributed by atoms with van der Waals surface area (Å²) in [7, 11) is 3.17. The lowest BCUT2D eigenvalue weighted by molar-refractivity contribution is 0.0359. The molecule has 13 heteroatoms. The number of anilines is 2. The van der Waals surface area contributed by atoms with E-state index < -0.39 is 11.5 Å². The summed E-state index contributed by atoms with van der Waals surface area (Å²) in [6.45, 7) is 2.87. The zero-order chi connectivity index (χ0) is 23.4. The Morgan fingerprint density at radius 3 is 2.82 bits per heavy atom. The van der Waals surface area contributed by atoms with E-state index in [9.17, 15) is 9.59 Å². The number of ether oxygens (including phenoxy) is 3. The topological polar surface area (TPSA) is 143 Å². The molecule has 1 amide bonds. The van der Waals surface area contributed by atoms with Crippen molar-refractivity contribution in [2.45, 2.75) is 25.4 Å². The molecule has 12 nitrogen and oxygen atoms in total. The van der Waals surface area contributed by atoms with Crippen molar-refractivity contribution in [1.29, 1.82) is 0 Å². The summed E-state index contributed by atoms with van der Waals surface area (Å²) in [5.74, 6) is -0.866. The van der Waals surface area contributed by atoms with E-state index in [1.165, 1.54) is 6.07 Å². The molecule has 0 spiro atoms.